The minimum absolute atomic E-state index is 0.262. The van der Waals surface area contributed by atoms with Crippen molar-refractivity contribution in [1.82, 2.24) is 9.47 Å². The molecule has 3 rings (SSSR count). The molecule has 6 nitrogen and oxygen atoms in total. The normalized spacial score (nSPS) is 10.7. The average Bonchev–Trinajstić information content (AvgIpc) is 3.04. The van der Waals surface area contributed by atoms with E-state index in [1.807, 2.05) is 67.1 Å². The van der Waals surface area contributed by atoms with Crippen molar-refractivity contribution in [2.24, 2.45) is 7.05 Å². The molecule has 6 heteroatoms. The van der Waals surface area contributed by atoms with Gasteiger partial charge in [0.05, 0.1) is 12.2 Å². The number of carbonyl (C=O) groups excluding carboxylic acids is 2. The van der Waals surface area contributed by atoms with Gasteiger partial charge in [-0.2, -0.15) is 0 Å². The highest BCUT2D eigenvalue weighted by Gasteiger charge is 2.17. The van der Waals surface area contributed by atoms with Gasteiger partial charge in [-0.25, -0.2) is 4.79 Å². The lowest BCUT2D eigenvalue weighted by Crippen LogP contribution is -2.30. The number of esters is 1. The van der Waals surface area contributed by atoms with Crippen LogP contribution in [0.3, 0.4) is 0 Å². The predicted octanol–water partition coefficient (Wildman–Crippen LogP) is 3.39. The second-order valence-electron chi connectivity index (χ2n) is 6.57. The number of carbonyl (C=O) groups is 2. The number of amides is 1. The maximum absolute atomic E-state index is 12.4. The first kappa shape index (κ1) is 19.5. The zero-order chi connectivity index (χ0) is 20.1. The van der Waals surface area contributed by atoms with Gasteiger partial charge in [-0.3, -0.25) is 4.79 Å². The lowest BCUT2D eigenvalue weighted by Gasteiger charge is -2.17. The van der Waals surface area contributed by atoms with Crippen molar-refractivity contribution in [1.29, 1.82) is 0 Å². The van der Waals surface area contributed by atoms with E-state index in [9.17, 15) is 9.59 Å². The van der Waals surface area contributed by atoms with Crippen LogP contribution in [0.25, 0.3) is 10.9 Å². The molecule has 0 aliphatic heterocycles. The number of aryl methyl sites for hydroxylation is 1. The van der Waals surface area contributed by atoms with Crippen LogP contribution in [0.2, 0.25) is 0 Å². The van der Waals surface area contributed by atoms with E-state index in [1.165, 1.54) is 4.90 Å². The van der Waals surface area contributed by atoms with Gasteiger partial charge in [-0.05, 0) is 30.7 Å². The third-order valence-electron chi connectivity index (χ3n) is 4.52. The smallest absolute Gasteiger partial charge is 0.340 e. The van der Waals surface area contributed by atoms with Crippen LogP contribution in [-0.2, 0) is 23.1 Å². The zero-order valence-electron chi connectivity index (χ0n) is 16.3. The Morgan fingerprint density at radius 2 is 1.79 bits per heavy atom. The fraction of sp³-hybridized carbons (Fsp3) is 0.273. The standard InChI is InChI=1S/C22H24N2O4/c1-4-27-17-11-9-16(10-12-17)13-24(3)21(25)15-28-22(26)19-14-23(2)20-8-6-5-7-18(19)20/h5-12,14H,4,13,15H2,1-3H3. The first-order valence-corrected chi connectivity index (χ1v) is 9.16. The van der Waals surface area contributed by atoms with Gasteiger partial charge in [-0.1, -0.05) is 30.3 Å². The number of aromatic nitrogens is 1. The van der Waals surface area contributed by atoms with Gasteiger partial charge >= 0.3 is 5.97 Å². The summed E-state index contributed by atoms with van der Waals surface area (Å²) in [5.74, 6) is 0.0336. The average molecular weight is 380 g/mol. The van der Waals surface area contributed by atoms with Crippen LogP contribution in [0.5, 0.6) is 5.75 Å². The number of hydrogen-bond donors (Lipinski definition) is 0. The van der Waals surface area contributed by atoms with E-state index < -0.39 is 5.97 Å². The molecule has 0 aliphatic carbocycles. The van der Waals surface area contributed by atoms with Gasteiger partial charge in [0.15, 0.2) is 6.61 Å². The number of hydrogen-bond acceptors (Lipinski definition) is 4. The number of nitrogens with zero attached hydrogens (tertiary/aromatic N) is 2. The summed E-state index contributed by atoms with van der Waals surface area (Å²) in [6.45, 7) is 2.67. The number of fused-ring (bicyclic) bond motifs is 1. The molecule has 0 atom stereocenters. The molecule has 1 aromatic heterocycles. The fourth-order valence-electron chi connectivity index (χ4n) is 3.04. The Bertz CT molecular complexity index is 976. The van der Waals surface area contributed by atoms with Crippen LogP contribution in [0.15, 0.2) is 54.7 Å². The lowest BCUT2D eigenvalue weighted by atomic mass is 10.2. The quantitative estimate of drug-likeness (QED) is 0.590. The van der Waals surface area contributed by atoms with Gasteiger partial charge in [0.2, 0.25) is 0 Å². The lowest BCUT2D eigenvalue weighted by molar-refractivity contribution is -0.133. The summed E-state index contributed by atoms with van der Waals surface area (Å²) in [6, 6.07) is 15.2. The number of benzene rings is 2. The van der Waals surface area contributed by atoms with Crippen molar-refractivity contribution in [2.45, 2.75) is 13.5 Å². The summed E-state index contributed by atoms with van der Waals surface area (Å²) in [5, 5.41) is 0.810. The topological polar surface area (TPSA) is 60.8 Å². The molecule has 0 N–H and O–H groups in total. The van der Waals surface area contributed by atoms with E-state index in [-0.39, 0.29) is 12.5 Å². The van der Waals surface area contributed by atoms with Gasteiger partial charge in [0, 0.05) is 37.7 Å². The summed E-state index contributed by atoms with van der Waals surface area (Å²) in [6.07, 6.45) is 1.72. The molecule has 0 aliphatic rings. The molecule has 0 bridgehead atoms. The van der Waals surface area contributed by atoms with Crippen LogP contribution >= 0.6 is 0 Å². The minimum atomic E-state index is -0.500. The van der Waals surface area contributed by atoms with Gasteiger partial charge in [0.1, 0.15) is 5.75 Å². The number of likely N-dealkylation sites (N-methyl/N-ethyl adjacent to an activating group) is 1. The third kappa shape index (κ3) is 4.34. The third-order valence-corrected chi connectivity index (χ3v) is 4.52. The molecule has 0 radical (unpaired) electrons. The Kier molecular flexibility index (Phi) is 5.99. The highest BCUT2D eigenvalue weighted by molar-refractivity contribution is 6.04. The Labute approximate surface area is 164 Å². The minimum Gasteiger partial charge on any atom is -0.494 e. The summed E-state index contributed by atoms with van der Waals surface area (Å²) in [7, 11) is 3.55. The summed E-state index contributed by atoms with van der Waals surface area (Å²) in [5.41, 5.74) is 2.37. The number of ether oxygens (including phenoxy) is 2. The molecule has 0 spiro atoms. The van der Waals surface area contributed by atoms with Crippen LogP contribution in [0, 0.1) is 0 Å². The number of rotatable bonds is 7. The van der Waals surface area contributed by atoms with E-state index >= 15 is 0 Å². The van der Waals surface area contributed by atoms with Crippen LogP contribution in [-0.4, -0.2) is 41.6 Å². The summed E-state index contributed by atoms with van der Waals surface area (Å²) in [4.78, 5) is 26.3. The van der Waals surface area contributed by atoms with E-state index in [4.69, 9.17) is 9.47 Å². The van der Waals surface area contributed by atoms with Crippen LogP contribution in [0.4, 0.5) is 0 Å². The molecule has 0 unspecified atom stereocenters. The van der Waals surface area contributed by atoms with Crippen molar-refractivity contribution in [2.75, 3.05) is 20.3 Å². The molecule has 0 saturated heterocycles. The van der Waals surface area contributed by atoms with Gasteiger partial charge in [-0.15, -0.1) is 0 Å². The molecule has 28 heavy (non-hydrogen) atoms. The number of para-hydroxylation sites is 1. The van der Waals surface area contributed by atoms with Crippen molar-refractivity contribution in [3.05, 3.63) is 65.9 Å². The Morgan fingerprint density at radius 3 is 2.50 bits per heavy atom. The molecule has 3 aromatic rings. The van der Waals surface area contributed by atoms with Gasteiger partial charge in [0.25, 0.3) is 5.91 Å². The molecule has 1 heterocycles. The molecule has 0 fully saturated rings. The predicted molar refractivity (Wildman–Crippen MR) is 107 cm³/mol. The summed E-state index contributed by atoms with van der Waals surface area (Å²) >= 11 is 0. The Balaban J connectivity index is 1.57. The maximum atomic E-state index is 12.4. The molecule has 146 valence electrons. The van der Waals surface area contributed by atoms with Crippen molar-refractivity contribution >= 4 is 22.8 Å². The van der Waals surface area contributed by atoms with E-state index in [1.54, 1.807) is 13.2 Å². The maximum Gasteiger partial charge on any atom is 0.340 e. The molecular weight excluding hydrogens is 356 g/mol. The highest BCUT2D eigenvalue weighted by Crippen LogP contribution is 2.21. The molecule has 0 saturated carbocycles. The van der Waals surface area contributed by atoms with Crippen LogP contribution in [0.1, 0.15) is 22.8 Å². The van der Waals surface area contributed by atoms with Crippen molar-refractivity contribution in [3.8, 4) is 5.75 Å². The van der Waals surface area contributed by atoms with Crippen molar-refractivity contribution in [3.63, 3.8) is 0 Å². The molecule has 2 aromatic carbocycles. The summed E-state index contributed by atoms with van der Waals surface area (Å²) < 4.78 is 12.5. The van der Waals surface area contributed by atoms with E-state index in [2.05, 4.69) is 0 Å². The van der Waals surface area contributed by atoms with Crippen molar-refractivity contribution < 1.29 is 19.1 Å². The van der Waals surface area contributed by atoms with Crippen LogP contribution < -0.4 is 4.74 Å². The first-order valence-electron chi connectivity index (χ1n) is 9.16. The largest absolute Gasteiger partial charge is 0.494 e. The highest BCUT2D eigenvalue weighted by atomic mass is 16.5. The zero-order valence-corrected chi connectivity index (χ0v) is 16.3. The Morgan fingerprint density at radius 1 is 1.07 bits per heavy atom. The first-order chi connectivity index (χ1) is 13.5. The second kappa shape index (κ2) is 8.61. The molecule has 1 amide bonds. The second-order valence-corrected chi connectivity index (χ2v) is 6.57. The van der Waals surface area contributed by atoms with E-state index in [0.717, 1.165) is 22.2 Å². The SMILES string of the molecule is CCOc1ccc(CN(C)C(=O)COC(=O)c2cn(C)c3ccccc23)cc1. The Hall–Kier alpha value is -3.28. The monoisotopic (exact) mass is 380 g/mol. The van der Waals surface area contributed by atoms with Gasteiger partial charge < -0.3 is 18.9 Å². The van der Waals surface area contributed by atoms with E-state index in [0.29, 0.717) is 18.7 Å². The fourth-order valence-corrected chi connectivity index (χ4v) is 3.04. The molecular formula is C22H24N2O4.